The van der Waals surface area contributed by atoms with Gasteiger partial charge in [0.2, 0.25) is 11.5 Å². The molecule has 0 bridgehead atoms. The van der Waals surface area contributed by atoms with Crippen LogP contribution >= 0.6 is 0 Å². The first-order valence-corrected chi connectivity index (χ1v) is 9.82. The van der Waals surface area contributed by atoms with E-state index < -0.39 is 5.41 Å². The minimum atomic E-state index is -0.686. The maximum absolute atomic E-state index is 12.7. The summed E-state index contributed by atoms with van der Waals surface area (Å²) in [5, 5.41) is 1.40. The summed E-state index contributed by atoms with van der Waals surface area (Å²) in [5.41, 5.74) is -0.686. The van der Waals surface area contributed by atoms with Crippen LogP contribution in [0.15, 0.2) is 18.2 Å². The van der Waals surface area contributed by atoms with E-state index in [1.807, 2.05) is 19.1 Å². The van der Waals surface area contributed by atoms with Crippen LogP contribution < -0.4 is 23.7 Å². The molecule has 160 valence electrons. The van der Waals surface area contributed by atoms with Crippen molar-refractivity contribution in [3.63, 3.8) is 0 Å². The van der Waals surface area contributed by atoms with E-state index in [4.69, 9.17) is 23.7 Å². The van der Waals surface area contributed by atoms with Crippen LogP contribution in [0.3, 0.4) is 0 Å². The van der Waals surface area contributed by atoms with Crippen molar-refractivity contribution in [2.75, 3.05) is 21.3 Å². The average Bonchev–Trinajstić information content (AvgIpc) is 2.67. The molecule has 0 amide bonds. The first-order chi connectivity index (χ1) is 13.7. The molecule has 29 heavy (non-hydrogen) atoms. The number of esters is 1. The van der Waals surface area contributed by atoms with Crippen LogP contribution in [-0.4, -0.2) is 33.4 Å². The zero-order chi connectivity index (χ0) is 21.8. The molecule has 6 heteroatoms. The minimum absolute atomic E-state index is 0.0214. The molecule has 0 heterocycles. The number of hydrogen-bond donors (Lipinski definition) is 0. The molecule has 0 radical (unpaired) electrons. The van der Waals surface area contributed by atoms with Crippen molar-refractivity contribution >= 4 is 16.7 Å². The Hall–Kier alpha value is -2.63. The van der Waals surface area contributed by atoms with Crippen LogP contribution in [-0.2, 0) is 4.79 Å². The van der Waals surface area contributed by atoms with Gasteiger partial charge in [-0.2, -0.15) is 0 Å². The van der Waals surface area contributed by atoms with Gasteiger partial charge < -0.3 is 23.7 Å². The molecule has 2 rings (SSSR count). The highest BCUT2D eigenvalue weighted by Gasteiger charge is 2.30. The zero-order valence-corrected chi connectivity index (χ0v) is 18.7. The number of fused-ring (bicyclic) bond motifs is 1. The number of carbonyl (C=O) groups is 1. The molecule has 6 nitrogen and oxygen atoms in total. The zero-order valence-electron chi connectivity index (χ0n) is 18.7. The van der Waals surface area contributed by atoms with Gasteiger partial charge in [-0.05, 0) is 52.3 Å². The van der Waals surface area contributed by atoms with Crippen LogP contribution in [0.25, 0.3) is 10.8 Å². The number of carbonyl (C=O) groups excluding carboxylic acids is 1. The van der Waals surface area contributed by atoms with E-state index in [1.165, 1.54) is 7.11 Å². The summed E-state index contributed by atoms with van der Waals surface area (Å²) < 4.78 is 28.7. The second-order valence-electron chi connectivity index (χ2n) is 7.99. The molecule has 0 aliphatic heterocycles. The fourth-order valence-corrected chi connectivity index (χ4v) is 2.99. The molecule has 1 unspecified atom stereocenters. The lowest BCUT2D eigenvalue weighted by Crippen LogP contribution is -2.26. The largest absolute Gasteiger partial charge is 0.497 e. The molecule has 0 aliphatic carbocycles. The molecular formula is C23H32O6. The maximum atomic E-state index is 12.7. The lowest BCUT2D eigenvalue weighted by molar-refractivity contribution is -0.143. The summed E-state index contributed by atoms with van der Waals surface area (Å²) in [4.78, 5) is 12.7. The third kappa shape index (κ3) is 4.86. The van der Waals surface area contributed by atoms with Gasteiger partial charge in [0.15, 0.2) is 11.5 Å². The second kappa shape index (κ2) is 9.25. The van der Waals surface area contributed by atoms with Gasteiger partial charge in [0.05, 0.1) is 32.8 Å². The predicted molar refractivity (Wildman–Crippen MR) is 114 cm³/mol. The van der Waals surface area contributed by atoms with Crippen molar-refractivity contribution in [3.8, 4) is 28.7 Å². The van der Waals surface area contributed by atoms with E-state index >= 15 is 0 Å². The number of ether oxygens (including phenoxy) is 5. The standard InChI is InChI=1S/C23H32O6/c1-9-10-14(2)28-18-16-12-11-15(25-6)13-17(16)19(21(27-8)20(18)26-7)29-22(24)23(3,4)5/h11-14H,9-10H2,1-8H3. The van der Waals surface area contributed by atoms with Gasteiger partial charge in [0, 0.05) is 10.8 Å². The van der Waals surface area contributed by atoms with Crippen LogP contribution in [0.4, 0.5) is 0 Å². The van der Waals surface area contributed by atoms with E-state index in [0.717, 1.165) is 18.2 Å². The number of rotatable bonds is 8. The third-order valence-electron chi connectivity index (χ3n) is 4.56. The maximum Gasteiger partial charge on any atom is 0.316 e. The summed E-state index contributed by atoms with van der Waals surface area (Å²) in [6.45, 7) is 9.51. The Balaban J connectivity index is 2.81. The smallest absolute Gasteiger partial charge is 0.316 e. The molecule has 2 aromatic rings. The molecule has 1 atom stereocenters. The average molecular weight is 405 g/mol. The monoisotopic (exact) mass is 404 g/mol. The lowest BCUT2D eigenvalue weighted by Gasteiger charge is -2.24. The van der Waals surface area contributed by atoms with Gasteiger partial charge in [0.1, 0.15) is 5.75 Å². The highest BCUT2D eigenvalue weighted by molar-refractivity contribution is 6.01. The Bertz CT molecular complexity index is 866. The molecule has 0 aromatic heterocycles. The van der Waals surface area contributed by atoms with Gasteiger partial charge in [-0.25, -0.2) is 0 Å². The molecule has 0 fully saturated rings. The quantitative estimate of drug-likeness (QED) is 0.434. The van der Waals surface area contributed by atoms with Gasteiger partial charge in [-0.15, -0.1) is 0 Å². The Morgan fingerprint density at radius 1 is 0.931 bits per heavy atom. The Labute approximate surface area is 173 Å². The fraction of sp³-hybridized carbons (Fsp3) is 0.522. The number of benzene rings is 2. The van der Waals surface area contributed by atoms with E-state index in [1.54, 1.807) is 41.1 Å². The van der Waals surface area contributed by atoms with E-state index in [2.05, 4.69) is 6.92 Å². The van der Waals surface area contributed by atoms with Crippen molar-refractivity contribution in [1.29, 1.82) is 0 Å². The number of methoxy groups -OCH3 is 3. The van der Waals surface area contributed by atoms with Gasteiger partial charge >= 0.3 is 5.97 Å². The third-order valence-corrected chi connectivity index (χ3v) is 4.56. The fourth-order valence-electron chi connectivity index (χ4n) is 2.99. The predicted octanol–water partition coefficient (Wildman–Crippen LogP) is 5.38. The number of hydrogen-bond acceptors (Lipinski definition) is 6. The topological polar surface area (TPSA) is 63.2 Å². The highest BCUT2D eigenvalue weighted by Crippen LogP contribution is 2.52. The molecular weight excluding hydrogens is 372 g/mol. The van der Waals surface area contributed by atoms with Gasteiger partial charge in [0.25, 0.3) is 0 Å². The minimum Gasteiger partial charge on any atom is -0.497 e. The lowest BCUT2D eigenvalue weighted by atomic mass is 9.97. The molecule has 2 aromatic carbocycles. The van der Waals surface area contributed by atoms with Crippen molar-refractivity contribution in [2.24, 2.45) is 5.41 Å². The molecule has 0 N–H and O–H groups in total. The highest BCUT2D eigenvalue weighted by atomic mass is 16.6. The summed E-state index contributed by atoms with van der Waals surface area (Å²) >= 11 is 0. The first kappa shape index (κ1) is 22.7. The van der Waals surface area contributed by atoms with Gasteiger partial charge in [-0.3, -0.25) is 4.79 Å². The van der Waals surface area contributed by atoms with Crippen molar-refractivity contribution < 1.29 is 28.5 Å². The second-order valence-corrected chi connectivity index (χ2v) is 7.99. The van der Waals surface area contributed by atoms with Crippen LogP contribution in [0.5, 0.6) is 28.7 Å². The first-order valence-electron chi connectivity index (χ1n) is 9.82. The molecule has 0 saturated carbocycles. The van der Waals surface area contributed by atoms with E-state index in [0.29, 0.717) is 28.4 Å². The summed E-state index contributed by atoms with van der Waals surface area (Å²) in [6.07, 6.45) is 1.87. The van der Waals surface area contributed by atoms with Crippen molar-refractivity contribution in [2.45, 2.75) is 53.6 Å². The van der Waals surface area contributed by atoms with E-state index in [-0.39, 0.29) is 17.8 Å². The Morgan fingerprint density at radius 2 is 1.55 bits per heavy atom. The molecule has 0 spiro atoms. The molecule has 0 saturated heterocycles. The van der Waals surface area contributed by atoms with Crippen LogP contribution in [0, 0.1) is 5.41 Å². The molecule has 0 aliphatic rings. The van der Waals surface area contributed by atoms with Crippen LogP contribution in [0.2, 0.25) is 0 Å². The van der Waals surface area contributed by atoms with Crippen molar-refractivity contribution in [1.82, 2.24) is 0 Å². The Morgan fingerprint density at radius 3 is 2.07 bits per heavy atom. The van der Waals surface area contributed by atoms with Gasteiger partial charge in [-0.1, -0.05) is 13.3 Å². The van der Waals surface area contributed by atoms with E-state index in [9.17, 15) is 4.79 Å². The normalized spacial score (nSPS) is 12.4. The summed E-state index contributed by atoms with van der Waals surface area (Å²) in [5.74, 6) is 1.79. The van der Waals surface area contributed by atoms with Crippen molar-refractivity contribution in [3.05, 3.63) is 18.2 Å². The Kier molecular flexibility index (Phi) is 7.22. The summed E-state index contributed by atoms with van der Waals surface area (Å²) in [6, 6.07) is 5.51. The summed E-state index contributed by atoms with van der Waals surface area (Å²) in [7, 11) is 4.64. The SMILES string of the molecule is CCCC(C)Oc1c(OC)c(OC)c(OC(=O)C(C)(C)C)c2cc(OC)ccc12. The van der Waals surface area contributed by atoms with Crippen LogP contribution in [0.1, 0.15) is 47.5 Å².